The van der Waals surface area contributed by atoms with Gasteiger partial charge in [-0.25, -0.2) is 4.39 Å². The molecular weight excluding hydrogens is 251 g/mol. The zero-order valence-electron chi connectivity index (χ0n) is 12.2. The maximum Gasteiger partial charge on any atom is 0.123 e. The van der Waals surface area contributed by atoms with E-state index in [1.54, 1.807) is 6.07 Å². The molecular formula is C17H23FN2. The summed E-state index contributed by atoms with van der Waals surface area (Å²) in [6.07, 6.45) is 4.51. The van der Waals surface area contributed by atoms with Crippen molar-refractivity contribution in [3.05, 3.63) is 35.8 Å². The van der Waals surface area contributed by atoms with Crippen molar-refractivity contribution in [2.24, 2.45) is 11.8 Å². The quantitative estimate of drug-likeness (QED) is 0.764. The van der Waals surface area contributed by atoms with Crippen molar-refractivity contribution in [3.63, 3.8) is 0 Å². The van der Waals surface area contributed by atoms with Crippen molar-refractivity contribution in [3.8, 4) is 0 Å². The van der Waals surface area contributed by atoms with Crippen molar-refractivity contribution in [2.45, 2.75) is 32.6 Å². The molecule has 0 aliphatic heterocycles. The molecule has 1 aliphatic rings. The molecule has 1 saturated carbocycles. The first kappa shape index (κ1) is 13.6. The van der Waals surface area contributed by atoms with Crippen LogP contribution in [-0.2, 0) is 0 Å². The van der Waals surface area contributed by atoms with Crippen LogP contribution in [0, 0.1) is 17.7 Å². The van der Waals surface area contributed by atoms with Crippen LogP contribution in [0.25, 0.3) is 10.9 Å². The van der Waals surface area contributed by atoms with Gasteiger partial charge in [0, 0.05) is 17.1 Å². The SMILES string of the molecule is CC(C)CCNC[C@@H]1C[C@H]1c1c[nH]c2ccc(F)cc12. The standard InChI is InChI=1S/C17H23FN2/c1-11(2)5-6-19-9-12-7-14(12)16-10-20-17-4-3-13(18)8-15(16)17/h3-4,8,10-12,14,19-20H,5-7,9H2,1-2H3/t12-,14+/m0/s1. The molecule has 3 heteroatoms. The first-order chi connectivity index (χ1) is 9.65. The van der Waals surface area contributed by atoms with Crippen LogP contribution in [0.15, 0.2) is 24.4 Å². The number of benzene rings is 1. The van der Waals surface area contributed by atoms with Crippen LogP contribution >= 0.6 is 0 Å². The summed E-state index contributed by atoms with van der Waals surface area (Å²) in [5.74, 6) is 1.92. The molecule has 0 unspecified atom stereocenters. The van der Waals surface area contributed by atoms with Crippen molar-refractivity contribution in [1.82, 2.24) is 10.3 Å². The molecule has 0 spiro atoms. The Labute approximate surface area is 119 Å². The smallest absolute Gasteiger partial charge is 0.123 e. The fourth-order valence-corrected chi connectivity index (χ4v) is 2.95. The minimum Gasteiger partial charge on any atom is -0.361 e. The number of H-pyrrole nitrogens is 1. The van der Waals surface area contributed by atoms with E-state index in [0.29, 0.717) is 11.8 Å². The Morgan fingerprint density at radius 3 is 3.05 bits per heavy atom. The first-order valence-corrected chi connectivity index (χ1v) is 7.62. The molecule has 2 nitrogen and oxygen atoms in total. The minimum absolute atomic E-state index is 0.148. The zero-order chi connectivity index (χ0) is 14.1. The highest BCUT2D eigenvalue weighted by molar-refractivity contribution is 5.84. The Kier molecular flexibility index (Phi) is 3.79. The molecule has 0 saturated heterocycles. The van der Waals surface area contributed by atoms with Gasteiger partial charge in [0.2, 0.25) is 0 Å². The number of hydrogen-bond donors (Lipinski definition) is 2. The number of rotatable bonds is 6. The Bertz CT molecular complexity index is 588. The molecule has 1 heterocycles. The van der Waals surface area contributed by atoms with E-state index < -0.39 is 0 Å². The van der Waals surface area contributed by atoms with Gasteiger partial charge in [-0.3, -0.25) is 0 Å². The summed E-state index contributed by atoms with van der Waals surface area (Å²) in [5.41, 5.74) is 2.33. The summed E-state index contributed by atoms with van der Waals surface area (Å²) in [5, 5.41) is 4.60. The summed E-state index contributed by atoms with van der Waals surface area (Å²) >= 11 is 0. The van der Waals surface area contributed by atoms with E-state index in [4.69, 9.17) is 0 Å². The van der Waals surface area contributed by atoms with E-state index in [1.807, 2.05) is 6.07 Å². The molecule has 1 fully saturated rings. The van der Waals surface area contributed by atoms with Crippen molar-refractivity contribution in [1.29, 1.82) is 0 Å². The number of aromatic nitrogens is 1. The topological polar surface area (TPSA) is 27.8 Å². The first-order valence-electron chi connectivity index (χ1n) is 7.62. The van der Waals surface area contributed by atoms with Crippen LogP contribution in [0.4, 0.5) is 4.39 Å². The van der Waals surface area contributed by atoms with Gasteiger partial charge >= 0.3 is 0 Å². The monoisotopic (exact) mass is 274 g/mol. The molecule has 1 aliphatic carbocycles. The highest BCUT2D eigenvalue weighted by Gasteiger charge is 2.39. The fraction of sp³-hybridized carbons (Fsp3) is 0.529. The Morgan fingerprint density at radius 2 is 2.25 bits per heavy atom. The molecule has 3 rings (SSSR count). The summed E-state index contributed by atoms with van der Waals surface area (Å²) < 4.78 is 13.4. The van der Waals surface area contributed by atoms with Crippen molar-refractivity contribution >= 4 is 10.9 Å². The lowest BCUT2D eigenvalue weighted by atomic mass is 10.1. The number of fused-ring (bicyclic) bond motifs is 1. The predicted molar refractivity (Wildman–Crippen MR) is 81.4 cm³/mol. The largest absolute Gasteiger partial charge is 0.361 e. The molecule has 108 valence electrons. The third kappa shape index (κ3) is 2.88. The Hall–Kier alpha value is -1.35. The van der Waals surface area contributed by atoms with Gasteiger partial charge < -0.3 is 10.3 Å². The van der Waals surface area contributed by atoms with E-state index in [-0.39, 0.29) is 5.82 Å². The fourth-order valence-electron chi connectivity index (χ4n) is 2.95. The lowest BCUT2D eigenvalue weighted by molar-refractivity contribution is 0.525. The normalized spacial score (nSPS) is 21.8. The van der Waals surface area contributed by atoms with Crippen LogP contribution < -0.4 is 5.32 Å². The van der Waals surface area contributed by atoms with Crippen LogP contribution in [-0.4, -0.2) is 18.1 Å². The molecule has 2 aromatic rings. The Morgan fingerprint density at radius 1 is 1.40 bits per heavy atom. The van der Waals surface area contributed by atoms with Gasteiger partial charge in [-0.2, -0.15) is 0 Å². The average Bonchev–Trinajstić information content (AvgIpc) is 3.05. The van der Waals surface area contributed by atoms with Gasteiger partial charge in [-0.05, 0) is 67.4 Å². The van der Waals surface area contributed by atoms with Crippen LogP contribution in [0.5, 0.6) is 0 Å². The summed E-state index contributed by atoms with van der Waals surface area (Å²) in [4.78, 5) is 3.25. The van der Waals surface area contributed by atoms with Gasteiger partial charge in [-0.15, -0.1) is 0 Å². The highest BCUT2D eigenvalue weighted by atomic mass is 19.1. The predicted octanol–water partition coefficient (Wildman–Crippen LogP) is 4.05. The van der Waals surface area contributed by atoms with Crippen molar-refractivity contribution < 1.29 is 4.39 Å². The molecule has 2 N–H and O–H groups in total. The lowest BCUT2D eigenvalue weighted by Crippen LogP contribution is -2.19. The average molecular weight is 274 g/mol. The highest BCUT2D eigenvalue weighted by Crippen LogP contribution is 2.49. The summed E-state index contributed by atoms with van der Waals surface area (Å²) in [6.45, 7) is 6.69. The van der Waals surface area contributed by atoms with E-state index >= 15 is 0 Å². The minimum atomic E-state index is -0.148. The molecule has 1 aromatic carbocycles. The second kappa shape index (κ2) is 5.57. The van der Waals surface area contributed by atoms with Crippen LogP contribution in [0.3, 0.4) is 0 Å². The molecule has 2 atom stereocenters. The molecule has 0 bridgehead atoms. The van der Waals surface area contributed by atoms with Gasteiger partial charge in [0.15, 0.2) is 0 Å². The third-order valence-corrected chi connectivity index (χ3v) is 4.30. The van der Waals surface area contributed by atoms with Gasteiger partial charge in [0.25, 0.3) is 0 Å². The number of hydrogen-bond acceptors (Lipinski definition) is 1. The van der Waals surface area contributed by atoms with Crippen molar-refractivity contribution in [2.75, 3.05) is 13.1 Å². The number of aromatic amines is 1. The maximum absolute atomic E-state index is 13.4. The van der Waals surface area contributed by atoms with E-state index in [1.165, 1.54) is 24.5 Å². The number of halogens is 1. The maximum atomic E-state index is 13.4. The van der Waals surface area contributed by atoms with E-state index in [0.717, 1.165) is 29.9 Å². The van der Waals surface area contributed by atoms with Crippen LogP contribution in [0.2, 0.25) is 0 Å². The molecule has 0 radical (unpaired) electrons. The van der Waals surface area contributed by atoms with Gasteiger partial charge in [0.1, 0.15) is 5.82 Å². The lowest BCUT2D eigenvalue weighted by Gasteiger charge is -2.06. The van der Waals surface area contributed by atoms with Gasteiger partial charge in [-0.1, -0.05) is 13.8 Å². The molecule has 20 heavy (non-hydrogen) atoms. The van der Waals surface area contributed by atoms with Gasteiger partial charge in [0.05, 0.1) is 0 Å². The number of nitrogens with one attached hydrogen (secondary N) is 2. The second-order valence-electron chi connectivity index (χ2n) is 6.42. The third-order valence-electron chi connectivity index (χ3n) is 4.30. The zero-order valence-corrected chi connectivity index (χ0v) is 12.2. The molecule has 0 amide bonds. The Balaban J connectivity index is 1.59. The summed E-state index contributed by atoms with van der Waals surface area (Å²) in [6, 6.07) is 5.00. The van der Waals surface area contributed by atoms with Crippen LogP contribution in [0.1, 0.15) is 38.2 Å². The van der Waals surface area contributed by atoms with E-state index in [9.17, 15) is 4.39 Å². The second-order valence-corrected chi connectivity index (χ2v) is 6.42. The van der Waals surface area contributed by atoms with E-state index in [2.05, 4.69) is 30.3 Å². The summed E-state index contributed by atoms with van der Waals surface area (Å²) in [7, 11) is 0. The molecule has 1 aromatic heterocycles.